The molecule has 1 saturated carbocycles. The van der Waals surface area contributed by atoms with Crippen LogP contribution in [0.25, 0.3) is 10.8 Å². The number of ketones is 1. The fourth-order valence-corrected chi connectivity index (χ4v) is 4.46. The highest BCUT2D eigenvalue weighted by Crippen LogP contribution is 2.34. The van der Waals surface area contributed by atoms with Gasteiger partial charge in [0.05, 0.1) is 19.3 Å². The number of ether oxygens (including phenoxy) is 1. The first kappa shape index (κ1) is 22.5. The van der Waals surface area contributed by atoms with Crippen molar-refractivity contribution in [1.29, 1.82) is 0 Å². The van der Waals surface area contributed by atoms with Crippen LogP contribution in [0.2, 0.25) is 0 Å². The Labute approximate surface area is 202 Å². The number of carbonyl (C=O) groups excluding carboxylic acids is 3. The van der Waals surface area contributed by atoms with E-state index in [-0.39, 0.29) is 11.7 Å². The number of aromatic nitrogens is 2. The number of nitrogens with zero attached hydrogens (tertiary/aromatic N) is 2. The molecular formula is C28H25N3O4. The third-order valence-corrected chi connectivity index (χ3v) is 6.48. The first-order valence-electron chi connectivity index (χ1n) is 11.5. The zero-order chi connectivity index (χ0) is 24.4. The first-order valence-corrected chi connectivity index (χ1v) is 11.5. The van der Waals surface area contributed by atoms with Gasteiger partial charge in [0.25, 0.3) is 0 Å². The smallest absolute Gasteiger partial charge is 0.240 e. The highest BCUT2D eigenvalue weighted by molar-refractivity contribution is 6.07. The molecule has 1 N–H and O–H groups in total. The van der Waals surface area contributed by atoms with Crippen LogP contribution in [0.1, 0.15) is 41.5 Å². The lowest BCUT2D eigenvalue weighted by molar-refractivity contribution is -0.125. The molecule has 0 aliphatic heterocycles. The van der Waals surface area contributed by atoms with Gasteiger partial charge in [0.1, 0.15) is 29.6 Å². The van der Waals surface area contributed by atoms with Gasteiger partial charge in [-0.25, -0.2) is 4.68 Å². The number of hydrogen-bond acceptors (Lipinski definition) is 5. The van der Waals surface area contributed by atoms with E-state index in [1.54, 1.807) is 17.9 Å². The summed E-state index contributed by atoms with van der Waals surface area (Å²) in [5, 5.41) is 9.45. The zero-order valence-corrected chi connectivity index (χ0v) is 19.3. The predicted molar refractivity (Wildman–Crippen MR) is 133 cm³/mol. The molecule has 1 heterocycles. The average Bonchev–Trinajstić information content (AvgIpc) is 3.24. The molecule has 7 heteroatoms. The molecule has 35 heavy (non-hydrogen) atoms. The highest BCUT2D eigenvalue weighted by Gasteiger charge is 2.31. The van der Waals surface area contributed by atoms with Gasteiger partial charge in [0.2, 0.25) is 5.91 Å². The summed E-state index contributed by atoms with van der Waals surface area (Å²) in [4.78, 5) is 37.0. The largest absolute Gasteiger partial charge is 0.497 e. The Hall–Kier alpha value is -4.26. The van der Waals surface area contributed by atoms with Crippen LogP contribution in [0, 0.1) is 0 Å². The van der Waals surface area contributed by atoms with Crippen LogP contribution in [0.3, 0.4) is 0 Å². The summed E-state index contributed by atoms with van der Waals surface area (Å²) >= 11 is 0. The molecule has 1 amide bonds. The number of anilines is 1. The number of rotatable bonds is 8. The van der Waals surface area contributed by atoms with Gasteiger partial charge in [-0.15, -0.1) is 0 Å². The predicted octanol–water partition coefficient (Wildman–Crippen LogP) is 4.46. The van der Waals surface area contributed by atoms with Crippen molar-refractivity contribution in [2.75, 3.05) is 12.4 Å². The van der Waals surface area contributed by atoms with Gasteiger partial charge < -0.3 is 14.8 Å². The van der Waals surface area contributed by atoms with E-state index in [4.69, 9.17) is 9.84 Å². The minimum atomic E-state index is -0.973. The van der Waals surface area contributed by atoms with E-state index in [0.29, 0.717) is 37.1 Å². The molecule has 0 bridgehead atoms. The average molecular weight is 468 g/mol. The van der Waals surface area contributed by atoms with Crippen molar-refractivity contribution in [1.82, 2.24) is 9.78 Å². The Morgan fingerprint density at radius 2 is 1.86 bits per heavy atom. The van der Waals surface area contributed by atoms with Crippen molar-refractivity contribution in [2.24, 2.45) is 0 Å². The number of fused-ring (bicyclic) bond motifs is 1. The third kappa shape index (κ3) is 4.57. The van der Waals surface area contributed by atoms with Gasteiger partial charge in [-0.1, -0.05) is 54.6 Å². The molecule has 1 aliphatic rings. The monoisotopic (exact) mass is 467 g/mol. The second kappa shape index (κ2) is 9.54. The van der Waals surface area contributed by atoms with Crippen molar-refractivity contribution in [3.8, 4) is 5.75 Å². The molecule has 4 aromatic rings. The molecule has 7 nitrogen and oxygen atoms in total. The van der Waals surface area contributed by atoms with Gasteiger partial charge in [0, 0.05) is 24.8 Å². The van der Waals surface area contributed by atoms with Crippen molar-refractivity contribution >= 4 is 34.6 Å². The summed E-state index contributed by atoms with van der Waals surface area (Å²) in [6.45, 7) is 0.417. The fraction of sp³-hybridized carbons (Fsp3) is 0.214. The Morgan fingerprint density at radius 1 is 1.11 bits per heavy atom. The maximum atomic E-state index is 13.3. The third-order valence-electron chi connectivity index (χ3n) is 6.48. The van der Waals surface area contributed by atoms with E-state index in [2.05, 4.69) is 5.32 Å². The van der Waals surface area contributed by atoms with E-state index in [9.17, 15) is 14.4 Å². The van der Waals surface area contributed by atoms with Gasteiger partial charge in [-0.05, 0) is 34.0 Å². The second-order valence-corrected chi connectivity index (χ2v) is 8.78. The summed E-state index contributed by atoms with van der Waals surface area (Å²) in [7, 11) is 1.61. The summed E-state index contributed by atoms with van der Waals surface area (Å²) in [6, 6.07) is 22.7. The molecule has 0 spiro atoms. The number of carbonyl (C=O) groups is 3. The van der Waals surface area contributed by atoms with Crippen molar-refractivity contribution in [3.63, 3.8) is 0 Å². The minimum absolute atomic E-state index is 0.0511. The van der Waals surface area contributed by atoms with Gasteiger partial charge in [0.15, 0.2) is 0 Å². The lowest BCUT2D eigenvalue weighted by atomic mass is 9.82. The molecule has 1 aromatic heterocycles. The molecular weight excluding hydrogens is 442 g/mol. The normalized spacial score (nSPS) is 14.4. The Morgan fingerprint density at radius 3 is 2.57 bits per heavy atom. The van der Waals surface area contributed by atoms with E-state index >= 15 is 0 Å². The maximum absolute atomic E-state index is 13.3. The maximum Gasteiger partial charge on any atom is 0.240 e. The Kier molecular flexibility index (Phi) is 6.14. The van der Waals surface area contributed by atoms with E-state index < -0.39 is 11.8 Å². The summed E-state index contributed by atoms with van der Waals surface area (Å²) in [5.74, 6) is 0.104. The molecule has 5 rings (SSSR count). The summed E-state index contributed by atoms with van der Waals surface area (Å²) < 4.78 is 6.94. The minimum Gasteiger partial charge on any atom is -0.497 e. The molecule has 176 valence electrons. The van der Waals surface area contributed by atoms with Gasteiger partial charge >= 0.3 is 0 Å². The molecule has 0 radical (unpaired) electrons. The van der Waals surface area contributed by atoms with Crippen LogP contribution < -0.4 is 10.1 Å². The van der Waals surface area contributed by atoms with E-state index in [0.717, 1.165) is 27.8 Å². The van der Waals surface area contributed by atoms with Crippen LogP contribution in [-0.4, -0.2) is 34.9 Å². The molecule has 1 unspecified atom stereocenters. The molecule has 1 fully saturated rings. The molecule has 1 aliphatic carbocycles. The Balaban J connectivity index is 1.44. The molecule has 3 aromatic carbocycles. The van der Waals surface area contributed by atoms with Gasteiger partial charge in [-0.3, -0.25) is 9.59 Å². The molecule has 0 saturated heterocycles. The van der Waals surface area contributed by atoms with Crippen LogP contribution >= 0.6 is 0 Å². The van der Waals surface area contributed by atoms with E-state index in [1.807, 2.05) is 66.7 Å². The summed E-state index contributed by atoms with van der Waals surface area (Å²) in [5.41, 5.74) is 2.39. The highest BCUT2D eigenvalue weighted by atomic mass is 16.5. The fourth-order valence-electron chi connectivity index (χ4n) is 4.46. The summed E-state index contributed by atoms with van der Waals surface area (Å²) in [6.07, 6.45) is 1.59. The van der Waals surface area contributed by atoms with Crippen molar-refractivity contribution in [3.05, 3.63) is 89.6 Å². The number of amides is 1. The Bertz CT molecular complexity index is 1390. The van der Waals surface area contributed by atoms with Crippen LogP contribution in [0.5, 0.6) is 5.75 Å². The zero-order valence-electron chi connectivity index (χ0n) is 19.3. The van der Waals surface area contributed by atoms with Crippen LogP contribution in [0.15, 0.2) is 72.8 Å². The SMILES string of the molecule is COc1ccc(Cn2nc(C3CC(=O)C3)cc2NC(=O)C(C=O)c2cccc3ccccc23)cc1. The quantitative estimate of drug-likeness (QED) is 0.305. The van der Waals surface area contributed by atoms with Crippen molar-refractivity contribution in [2.45, 2.75) is 31.2 Å². The second-order valence-electron chi connectivity index (χ2n) is 8.78. The first-order chi connectivity index (χ1) is 17.1. The van der Waals surface area contributed by atoms with E-state index in [1.165, 1.54) is 0 Å². The lowest BCUT2D eigenvalue weighted by Crippen LogP contribution is -2.24. The number of nitrogens with one attached hydrogen (secondary N) is 1. The number of aldehydes is 1. The standard InChI is InChI=1S/C28H25N3O4/c1-35-22-11-9-18(10-12-22)16-31-27(15-26(30-31)20-13-21(33)14-20)29-28(34)25(17-32)24-8-4-6-19-5-2-3-7-23(19)24/h2-12,15,17,20,25H,13-14,16H2,1H3,(H,29,34). The van der Waals surface area contributed by atoms with Gasteiger partial charge in [-0.2, -0.15) is 5.10 Å². The van der Waals surface area contributed by atoms with Crippen LogP contribution in [0.4, 0.5) is 5.82 Å². The molecule has 1 atom stereocenters. The number of Topliss-reactive ketones (excluding diaryl/α,β-unsaturated/α-hetero) is 1. The van der Waals surface area contributed by atoms with Crippen LogP contribution in [-0.2, 0) is 20.9 Å². The van der Waals surface area contributed by atoms with Crippen molar-refractivity contribution < 1.29 is 19.1 Å². The number of benzene rings is 3. The topological polar surface area (TPSA) is 90.3 Å². The number of hydrogen-bond donors (Lipinski definition) is 1. The number of methoxy groups -OCH3 is 1. The lowest BCUT2D eigenvalue weighted by Gasteiger charge is -2.21.